The van der Waals surface area contributed by atoms with Crippen molar-refractivity contribution >= 4 is 24.0 Å². The molecule has 0 amide bonds. The lowest BCUT2D eigenvalue weighted by atomic mass is 10.2. The highest BCUT2D eigenvalue weighted by Gasteiger charge is 2.05. The Hall–Kier alpha value is -0.870. The fourth-order valence-electron chi connectivity index (χ4n) is 0.997. The van der Waals surface area contributed by atoms with Gasteiger partial charge in [-0.3, -0.25) is 0 Å². The minimum Gasteiger partial charge on any atom is -0.397 e. The van der Waals surface area contributed by atoms with Gasteiger partial charge in [0.05, 0.1) is 18.0 Å². The summed E-state index contributed by atoms with van der Waals surface area (Å²) >= 11 is 4.27. The Labute approximate surface area is 83.5 Å². The second-order valence-corrected chi connectivity index (χ2v) is 3.16. The number of anilines is 2. The third-order valence-corrected chi connectivity index (χ3v) is 2.32. The standard InChI is InChI=1S/C9H14N2OS/c1-2-12-5-6-3-4-7(10)8(11)9(6)13/h3-4,13H,2,5,10-11H2,1H3. The topological polar surface area (TPSA) is 61.3 Å². The van der Waals surface area contributed by atoms with Gasteiger partial charge in [0.25, 0.3) is 0 Å². The smallest absolute Gasteiger partial charge is 0.0728 e. The lowest BCUT2D eigenvalue weighted by molar-refractivity contribution is 0.132. The summed E-state index contributed by atoms with van der Waals surface area (Å²) in [4.78, 5) is 0.716. The Morgan fingerprint density at radius 1 is 1.38 bits per heavy atom. The van der Waals surface area contributed by atoms with E-state index >= 15 is 0 Å². The summed E-state index contributed by atoms with van der Waals surface area (Å²) in [6.07, 6.45) is 0. The summed E-state index contributed by atoms with van der Waals surface area (Å²) in [5.41, 5.74) is 13.4. The van der Waals surface area contributed by atoms with E-state index in [1.54, 1.807) is 6.07 Å². The second-order valence-electron chi connectivity index (χ2n) is 2.71. The van der Waals surface area contributed by atoms with Crippen LogP contribution in [0.25, 0.3) is 0 Å². The summed E-state index contributed by atoms with van der Waals surface area (Å²) < 4.78 is 5.25. The minimum absolute atomic E-state index is 0.528. The van der Waals surface area contributed by atoms with Crippen LogP contribution in [0, 0.1) is 0 Å². The van der Waals surface area contributed by atoms with Crippen LogP contribution in [-0.4, -0.2) is 6.61 Å². The molecular weight excluding hydrogens is 184 g/mol. The zero-order valence-corrected chi connectivity index (χ0v) is 8.47. The van der Waals surface area contributed by atoms with Crippen molar-refractivity contribution in [1.82, 2.24) is 0 Å². The average molecular weight is 198 g/mol. The van der Waals surface area contributed by atoms with Crippen molar-refractivity contribution in [2.75, 3.05) is 18.1 Å². The quantitative estimate of drug-likeness (QED) is 0.511. The van der Waals surface area contributed by atoms with E-state index in [0.29, 0.717) is 29.5 Å². The molecule has 0 spiro atoms. The Morgan fingerprint density at radius 2 is 2.08 bits per heavy atom. The maximum atomic E-state index is 5.70. The van der Waals surface area contributed by atoms with E-state index in [1.165, 1.54) is 0 Å². The molecular formula is C9H14N2OS. The van der Waals surface area contributed by atoms with Gasteiger partial charge in [0.15, 0.2) is 0 Å². The highest BCUT2D eigenvalue weighted by Crippen LogP contribution is 2.27. The van der Waals surface area contributed by atoms with E-state index in [4.69, 9.17) is 16.2 Å². The van der Waals surface area contributed by atoms with Crippen LogP contribution < -0.4 is 11.5 Å². The van der Waals surface area contributed by atoms with Crippen molar-refractivity contribution in [3.63, 3.8) is 0 Å². The molecule has 1 aromatic rings. The zero-order chi connectivity index (χ0) is 9.84. The lowest BCUT2D eigenvalue weighted by Gasteiger charge is -2.09. The summed E-state index contributed by atoms with van der Waals surface area (Å²) in [6, 6.07) is 3.65. The number of hydrogen-bond acceptors (Lipinski definition) is 4. The van der Waals surface area contributed by atoms with Crippen LogP contribution in [0.1, 0.15) is 12.5 Å². The van der Waals surface area contributed by atoms with Gasteiger partial charge in [-0.1, -0.05) is 6.07 Å². The molecule has 0 fully saturated rings. The molecule has 0 aliphatic rings. The fraction of sp³-hybridized carbons (Fsp3) is 0.333. The third kappa shape index (κ3) is 2.29. The first-order chi connectivity index (χ1) is 6.16. The van der Waals surface area contributed by atoms with Crippen LogP contribution in [0.5, 0.6) is 0 Å². The molecule has 4 N–H and O–H groups in total. The molecule has 3 nitrogen and oxygen atoms in total. The summed E-state index contributed by atoms with van der Waals surface area (Å²) in [6.45, 7) is 3.15. The molecule has 0 saturated heterocycles. The molecule has 0 aliphatic carbocycles. The number of ether oxygens (including phenoxy) is 1. The van der Waals surface area contributed by atoms with Gasteiger partial charge in [-0.25, -0.2) is 0 Å². The van der Waals surface area contributed by atoms with Gasteiger partial charge in [0, 0.05) is 11.5 Å². The SMILES string of the molecule is CCOCc1ccc(N)c(N)c1S. The third-order valence-electron chi connectivity index (χ3n) is 1.80. The van der Waals surface area contributed by atoms with E-state index in [2.05, 4.69) is 12.6 Å². The maximum absolute atomic E-state index is 5.70. The molecule has 0 heterocycles. The highest BCUT2D eigenvalue weighted by molar-refractivity contribution is 7.80. The summed E-state index contributed by atoms with van der Waals surface area (Å²) in [5, 5.41) is 0. The van der Waals surface area contributed by atoms with Gasteiger partial charge in [-0.2, -0.15) is 0 Å². The van der Waals surface area contributed by atoms with Gasteiger partial charge < -0.3 is 16.2 Å². The molecule has 0 unspecified atom stereocenters. The van der Waals surface area contributed by atoms with E-state index < -0.39 is 0 Å². The predicted octanol–water partition coefficient (Wildman–Crippen LogP) is 1.68. The van der Waals surface area contributed by atoms with Crippen molar-refractivity contribution in [2.24, 2.45) is 0 Å². The van der Waals surface area contributed by atoms with Gasteiger partial charge in [-0.15, -0.1) is 12.6 Å². The van der Waals surface area contributed by atoms with Gasteiger partial charge in [0.1, 0.15) is 0 Å². The Balaban J connectivity index is 2.90. The molecule has 0 radical (unpaired) electrons. The van der Waals surface area contributed by atoms with Gasteiger partial charge in [0.2, 0.25) is 0 Å². The van der Waals surface area contributed by atoms with Crippen LogP contribution in [-0.2, 0) is 11.3 Å². The first-order valence-electron chi connectivity index (χ1n) is 4.10. The molecule has 1 aromatic carbocycles. The first kappa shape index (κ1) is 10.2. The largest absolute Gasteiger partial charge is 0.397 e. The summed E-state index contributed by atoms with van der Waals surface area (Å²) in [5.74, 6) is 0. The number of rotatable bonds is 3. The van der Waals surface area contributed by atoms with Crippen molar-refractivity contribution < 1.29 is 4.74 Å². The van der Waals surface area contributed by atoms with Crippen LogP contribution in [0.4, 0.5) is 11.4 Å². The van der Waals surface area contributed by atoms with Crippen molar-refractivity contribution in [3.8, 4) is 0 Å². The highest BCUT2D eigenvalue weighted by atomic mass is 32.1. The average Bonchev–Trinajstić information content (AvgIpc) is 2.13. The van der Waals surface area contributed by atoms with Gasteiger partial charge >= 0.3 is 0 Å². The Kier molecular flexibility index (Phi) is 3.45. The lowest BCUT2D eigenvalue weighted by Crippen LogP contribution is -2.00. The number of thiol groups is 1. The van der Waals surface area contributed by atoms with Crippen molar-refractivity contribution in [1.29, 1.82) is 0 Å². The first-order valence-corrected chi connectivity index (χ1v) is 4.55. The minimum atomic E-state index is 0.528. The van der Waals surface area contributed by atoms with Gasteiger partial charge in [-0.05, 0) is 18.6 Å². The molecule has 0 aromatic heterocycles. The van der Waals surface area contributed by atoms with E-state index in [-0.39, 0.29) is 0 Å². The number of nitrogen functional groups attached to an aromatic ring is 2. The number of benzene rings is 1. The van der Waals surface area contributed by atoms with Crippen LogP contribution in [0.2, 0.25) is 0 Å². The summed E-state index contributed by atoms with van der Waals surface area (Å²) in [7, 11) is 0. The molecule has 0 aliphatic heterocycles. The van der Waals surface area contributed by atoms with Crippen LogP contribution >= 0.6 is 12.6 Å². The van der Waals surface area contributed by atoms with Crippen molar-refractivity contribution in [2.45, 2.75) is 18.4 Å². The predicted molar refractivity (Wildman–Crippen MR) is 57.8 cm³/mol. The second kappa shape index (κ2) is 4.39. The molecule has 0 atom stereocenters. The van der Waals surface area contributed by atoms with E-state index in [0.717, 1.165) is 5.56 Å². The monoisotopic (exact) mass is 198 g/mol. The van der Waals surface area contributed by atoms with E-state index in [1.807, 2.05) is 13.0 Å². The molecule has 1 rings (SSSR count). The Bertz CT molecular complexity index is 302. The van der Waals surface area contributed by atoms with Crippen molar-refractivity contribution in [3.05, 3.63) is 17.7 Å². The molecule has 72 valence electrons. The number of hydrogen-bond donors (Lipinski definition) is 3. The fourth-order valence-corrected chi connectivity index (χ4v) is 1.27. The molecule has 0 saturated carbocycles. The molecule has 13 heavy (non-hydrogen) atoms. The normalized spacial score (nSPS) is 10.3. The van der Waals surface area contributed by atoms with Crippen LogP contribution in [0.3, 0.4) is 0 Å². The number of nitrogens with two attached hydrogens (primary N) is 2. The molecule has 0 bridgehead atoms. The van der Waals surface area contributed by atoms with Crippen LogP contribution in [0.15, 0.2) is 17.0 Å². The van der Waals surface area contributed by atoms with E-state index in [9.17, 15) is 0 Å². The molecule has 4 heteroatoms. The Morgan fingerprint density at radius 3 is 2.69 bits per heavy atom. The zero-order valence-electron chi connectivity index (χ0n) is 7.58. The maximum Gasteiger partial charge on any atom is 0.0728 e.